The maximum absolute atomic E-state index is 12.9. The van der Waals surface area contributed by atoms with Crippen molar-refractivity contribution in [1.82, 2.24) is 14.5 Å². The molecule has 0 radical (unpaired) electrons. The number of rotatable bonds is 5. The molecule has 33 heavy (non-hydrogen) atoms. The number of nitrogens with one attached hydrogen (secondary N) is 1. The molecule has 162 valence electrons. The number of pyridine rings is 1. The molecule has 0 aliphatic heterocycles. The van der Waals surface area contributed by atoms with Gasteiger partial charge in [0.05, 0.1) is 22.2 Å². The predicted molar refractivity (Wildman–Crippen MR) is 127 cm³/mol. The lowest BCUT2D eigenvalue weighted by Crippen LogP contribution is -2.33. The van der Waals surface area contributed by atoms with E-state index in [0.29, 0.717) is 11.1 Å². The van der Waals surface area contributed by atoms with Gasteiger partial charge in [-0.15, -0.1) is 0 Å². The Balaban J connectivity index is 1.39. The average molecular weight is 455 g/mol. The maximum atomic E-state index is 12.9. The largest absolute Gasteiger partial charge is 0.457 e. The normalized spacial score (nSPS) is 10.9. The van der Waals surface area contributed by atoms with Crippen LogP contribution in [0, 0.1) is 0 Å². The Bertz CT molecular complexity index is 1570. The Morgan fingerprint density at radius 2 is 1.85 bits per heavy atom. The van der Waals surface area contributed by atoms with Gasteiger partial charge in [0.25, 0.3) is 5.56 Å². The average Bonchev–Trinajstić information content (AvgIpc) is 3.38. The zero-order chi connectivity index (χ0) is 22.8. The highest BCUT2D eigenvalue weighted by Crippen LogP contribution is 2.22. The molecule has 5 rings (SSSR count). The van der Waals surface area contributed by atoms with Gasteiger partial charge < -0.3 is 9.72 Å². The number of carbonyl (C=O) groups excluding carboxylic acids is 1. The molecule has 5 aromatic rings. The first-order chi connectivity index (χ1) is 16.1. The van der Waals surface area contributed by atoms with Crippen LogP contribution in [-0.4, -0.2) is 20.5 Å². The van der Waals surface area contributed by atoms with Gasteiger partial charge in [-0.25, -0.2) is 14.2 Å². The molecule has 0 amide bonds. The fourth-order valence-corrected chi connectivity index (χ4v) is 4.21. The summed E-state index contributed by atoms with van der Waals surface area (Å²) in [6, 6.07) is 17.1. The van der Waals surface area contributed by atoms with E-state index in [0.717, 1.165) is 21.3 Å². The monoisotopic (exact) mass is 455 g/mol. The third-order valence-corrected chi connectivity index (χ3v) is 5.85. The molecular formula is C25H17N3O4S. The molecule has 0 atom stereocenters. The molecule has 0 aliphatic carbocycles. The van der Waals surface area contributed by atoms with Crippen molar-refractivity contribution in [3.8, 4) is 16.8 Å². The molecule has 0 saturated heterocycles. The minimum absolute atomic E-state index is 0.0496. The Hall–Kier alpha value is -4.30. The lowest BCUT2D eigenvalue weighted by Gasteiger charge is -2.09. The number of thiophene rings is 1. The van der Waals surface area contributed by atoms with E-state index < -0.39 is 17.2 Å². The van der Waals surface area contributed by atoms with Gasteiger partial charge in [0.2, 0.25) is 0 Å². The molecule has 7 nitrogen and oxygen atoms in total. The Morgan fingerprint density at radius 1 is 1.00 bits per heavy atom. The highest BCUT2D eigenvalue weighted by atomic mass is 32.1. The molecule has 0 aliphatic rings. The van der Waals surface area contributed by atoms with Gasteiger partial charge >= 0.3 is 11.7 Å². The standard InChI is InChI=1S/C25H17N3O4S/c29-23-21-7-6-17(11-22(21)27-25(31)28(23)20-4-2-1-3-5-20)24(30)32-14-16-10-19(13-26-12-16)18-8-9-33-15-18/h1-13,15H,14H2,(H,27,31). The highest BCUT2D eigenvalue weighted by Gasteiger charge is 2.14. The number of hydrogen-bond acceptors (Lipinski definition) is 6. The number of aromatic amines is 1. The maximum Gasteiger partial charge on any atom is 0.338 e. The van der Waals surface area contributed by atoms with Crippen molar-refractivity contribution < 1.29 is 9.53 Å². The van der Waals surface area contributed by atoms with Crippen LogP contribution in [0.4, 0.5) is 0 Å². The first-order valence-electron chi connectivity index (χ1n) is 10.1. The summed E-state index contributed by atoms with van der Waals surface area (Å²) in [5.74, 6) is -0.564. The predicted octanol–water partition coefficient (Wildman–Crippen LogP) is 4.16. The van der Waals surface area contributed by atoms with Gasteiger partial charge in [-0.3, -0.25) is 9.78 Å². The second kappa shape index (κ2) is 8.68. The fourth-order valence-electron chi connectivity index (χ4n) is 3.54. The number of benzene rings is 2. The Labute approximate surface area is 191 Å². The van der Waals surface area contributed by atoms with E-state index in [1.54, 1.807) is 54.1 Å². The van der Waals surface area contributed by atoms with E-state index in [1.807, 2.05) is 22.9 Å². The van der Waals surface area contributed by atoms with Crippen molar-refractivity contribution >= 4 is 28.2 Å². The number of para-hydroxylation sites is 1. The molecule has 1 N–H and O–H groups in total. The SMILES string of the molecule is O=C(OCc1cncc(-c2ccsc2)c1)c1ccc2c(=O)n(-c3ccccc3)c(=O)[nH]c2c1. The summed E-state index contributed by atoms with van der Waals surface area (Å²) in [7, 11) is 0. The summed E-state index contributed by atoms with van der Waals surface area (Å²) in [4.78, 5) is 45.0. The molecule has 0 unspecified atom stereocenters. The van der Waals surface area contributed by atoms with Crippen LogP contribution in [0.5, 0.6) is 0 Å². The smallest absolute Gasteiger partial charge is 0.338 e. The van der Waals surface area contributed by atoms with Crippen LogP contribution in [0.25, 0.3) is 27.7 Å². The lowest BCUT2D eigenvalue weighted by molar-refractivity contribution is 0.0472. The zero-order valence-corrected chi connectivity index (χ0v) is 18.0. The van der Waals surface area contributed by atoms with Gasteiger partial charge in [0.15, 0.2) is 0 Å². The van der Waals surface area contributed by atoms with Gasteiger partial charge in [-0.2, -0.15) is 11.3 Å². The van der Waals surface area contributed by atoms with Crippen LogP contribution < -0.4 is 11.2 Å². The topological polar surface area (TPSA) is 94.0 Å². The first kappa shape index (κ1) is 20.6. The summed E-state index contributed by atoms with van der Waals surface area (Å²) in [5.41, 5.74) is 2.68. The number of H-pyrrole nitrogens is 1. The number of nitrogens with zero attached hydrogens (tertiary/aromatic N) is 2. The van der Waals surface area contributed by atoms with Crippen LogP contribution >= 0.6 is 11.3 Å². The van der Waals surface area contributed by atoms with E-state index in [-0.39, 0.29) is 17.7 Å². The van der Waals surface area contributed by atoms with E-state index in [9.17, 15) is 14.4 Å². The van der Waals surface area contributed by atoms with E-state index in [1.165, 1.54) is 18.2 Å². The molecule has 3 heterocycles. The second-order valence-electron chi connectivity index (χ2n) is 7.34. The number of hydrogen-bond donors (Lipinski definition) is 1. The quantitative estimate of drug-likeness (QED) is 0.402. The zero-order valence-electron chi connectivity index (χ0n) is 17.2. The molecule has 0 saturated carbocycles. The van der Waals surface area contributed by atoms with Crippen LogP contribution in [-0.2, 0) is 11.3 Å². The fraction of sp³-hybridized carbons (Fsp3) is 0.0400. The van der Waals surface area contributed by atoms with Gasteiger partial charge in [0, 0.05) is 23.5 Å². The van der Waals surface area contributed by atoms with Crippen molar-refractivity contribution in [1.29, 1.82) is 0 Å². The minimum atomic E-state index is -0.583. The molecule has 8 heteroatoms. The van der Waals surface area contributed by atoms with Gasteiger partial charge in [-0.1, -0.05) is 18.2 Å². The third kappa shape index (κ3) is 4.11. The van der Waals surface area contributed by atoms with Crippen LogP contribution in [0.3, 0.4) is 0 Å². The van der Waals surface area contributed by atoms with Crippen molar-refractivity contribution in [2.75, 3.05) is 0 Å². The van der Waals surface area contributed by atoms with Crippen molar-refractivity contribution in [3.63, 3.8) is 0 Å². The van der Waals surface area contributed by atoms with Crippen LogP contribution in [0.1, 0.15) is 15.9 Å². The molecule has 2 aromatic carbocycles. The highest BCUT2D eigenvalue weighted by molar-refractivity contribution is 7.08. The number of ether oxygens (including phenoxy) is 1. The number of aromatic nitrogens is 3. The van der Waals surface area contributed by atoms with Crippen molar-refractivity contribution in [2.24, 2.45) is 0 Å². The molecular weight excluding hydrogens is 438 g/mol. The third-order valence-electron chi connectivity index (χ3n) is 5.17. The lowest BCUT2D eigenvalue weighted by atomic mass is 10.1. The van der Waals surface area contributed by atoms with E-state index in [2.05, 4.69) is 9.97 Å². The summed E-state index contributed by atoms with van der Waals surface area (Å²) < 4.78 is 6.50. The molecule has 0 bridgehead atoms. The van der Waals surface area contributed by atoms with Crippen LogP contribution in [0.15, 0.2) is 93.4 Å². The first-order valence-corrected chi connectivity index (χ1v) is 11.0. The number of esters is 1. The molecule has 0 fully saturated rings. The summed E-state index contributed by atoms with van der Waals surface area (Å²) in [6.07, 6.45) is 3.41. The van der Waals surface area contributed by atoms with Gasteiger partial charge in [-0.05, 0) is 58.8 Å². The van der Waals surface area contributed by atoms with E-state index in [4.69, 9.17) is 4.74 Å². The number of carbonyl (C=O) groups is 1. The van der Waals surface area contributed by atoms with Crippen molar-refractivity contribution in [3.05, 3.63) is 116 Å². The van der Waals surface area contributed by atoms with Crippen molar-refractivity contribution in [2.45, 2.75) is 6.61 Å². The number of fused-ring (bicyclic) bond motifs is 1. The Kier molecular flexibility index (Phi) is 5.42. The van der Waals surface area contributed by atoms with E-state index >= 15 is 0 Å². The molecule has 3 aromatic heterocycles. The summed E-state index contributed by atoms with van der Waals surface area (Å²) in [5, 5.41) is 4.30. The minimum Gasteiger partial charge on any atom is -0.457 e. The van der Waals surface area contributed by atoms with Gasteiger partial charge in [0.1, 0.15) is 6.61 Å². The molecule has 0 spiro atoms. The van der Waals surface area contributed by atoms with Crippen LogP contribution in [0.2, 0.25) is 0 Å². The summed E-state index contributed by atoms with van der Waals surface area (Å²) in [6.45, 7) is 0.0496. The second-order valence-corrected chi connectivity index (χ2v) is 8.12. The summed E-state index contributed by atoms with van der Waals surface area (Å²) >= 11 is 1.60. The Morgan fingerprint density at radius 3 is 2.64 bits per heavy atom.